The van der Waals surface area contributed by atoms with Crippen LogP contribution in [0.4, 0.5) is 0 Å². The minimum absolute atomic E-state index is 0.0687. The molecule has 0 saturated carbocycles. The van der Waals surface area contributed by atoms with Crippen molar-refractivity contribution in [2.75, 3.05) is 0 Å². The standard InChI is InChI=1S/C10H15NO3/c1-4-8(12)7(3)11-9(13)5-6(2)10(11)14/h6-7H,4-5H2,1-3H3. The van der Waals surface area contributed by atoms with E-state index in [0.29, 0.717) is 6.42 Å². The summed E-state index contributed by atoms with van der Waals surface area (Å²) >= 11 is 0. The van der Waals surface area contributed by atoms with Crippen molar-refractivity contribution < 1.29 is 14.4 Å². The molecule has 0 bridgehead atoms. The van der Waals surface area contributed by atoms with E-state index in [1.807, 2.05) is 0 Å². The highest BCUT2D eigenvalue weighted by molar-refractivity contribution is 6.06. The highest BCUT2D eigenvalue weighted by atomic mass is 16.2. The number of carbonyl (C=O) groups is 3. The minimum atomic E-state index is -0.593. The van der Waals surface area contributed by atoms with Crippen molar-refractivity contribution in [2.24, 2.45) is 5.92 Å². The van der Waals surface area contributed by atoms with Crippen LogP contribution in [0.3, 0.4) is 0 Å². The Morgan fingerprint density at radius 3 is 2.50 bits per heavy atom. The Kier molecular flexibility index (Phi) is 3.03. The zero-order valence-corrected chi connectivity index (χ0v) is 8.74. The predicted octanol–water partition coefficient (Wildman–Crippen LogP) is 0.749. The van der Waals surface area contributed by atoms with E-state index in [-0.39, 0.29) is 29.9 Å². The van der Waals surface area contributed by atoms with Gasteiger partial charge in [-0.05, 0) is 6.92 Å². The third-order valence-electron chi connectivity index (χ3n) is 2.61. The molecule has 1 aliphatic heterocycles. The number of hydrogen-bond acceptors (Lipinski definition) is 3. The number of nitrogens with zero attached hydrogens (tertiary/aromatic N) is 1. The lowest BCUT2D eigenvalue weighted by molar-refractivity contribution is -0.146. The minimum Gasteiger partial charge on any atom is -0.297 e. The van der Waals surface area contributed by atoms with Crippen LogP contribution in [-0.4, -0.2) is 28.5 Å². The first-order valence-electron chi connectivity index (χ1n) is 4.87. The SMILES string of the molecule is CCC(=O)C(C)N1C(=O)CC(C)C1=O. The summed E-state index contributed by atoms with van der Waals surface area (Å²) in [6.07, 6.45) is 0.590. The smallest absolute Gasteiger partial charge is 0.233 e. The summed E-state index contributed by atoms with van der Waals surface area (Å²) in [5.41, 5.74) is 0. The molecule has 1 aliphatic rings. The van der Waals surface area contributed by atoms with Gasteiger partial charge in [-0.15, -0.1) is 0 Å². The van der Waals surface area contributed by atoms with Crippen molar-refractivity contribution in [2.45, 2.75) is 39.7 Å². The maximum absolute atomic E-state index is 11.5. The molecule has 1 saturated heterocycles. The lowest BCUT2D eigenvalue weighted by atomic mass is 10.1. The molecule has 4 nitrogen and oxygen atoms in total. The molecule has 0 aromatic carbocycles. The van der Waals surface area contributed by atoms with Crippen LogP contribution in [0.2, 0.25) is 0 Å². The fourth-order valence-electron chi connectivity index (χ4n) is 1.65. The molecule has 0 N–H and O–H groups in total. The van der Waals surface area contributed by atoms with Crippen molar-refractivity contribution in [3.8, 4) is 0 Å². The molecule has 1 fully saturated rings. The normalized spacial score (nSPS) is 24.2. The zero-order valence-electron chi connectivity index (χ0n) is 8.74. The van der Waals surface area contributed by atoms with E-state index in [0.717, 1.165) is 4.90 Å². The lowest BCUT2D eigenvalue weighted by Gasteiger charge is -2.20. The summed E-state index contributed by atoms with van der Waals surface area (Å²) in [6.45, 7) is 5.05. The molecule has 0 aromatic rings. The quantitative estimate of drug-likeness (QED) is 0.627. The van der Waals surface area contributed by atoms with Crippen LogP contribution in [0.25, 0.3) is 0 Å². The topological polar surface area (TPSA) is 54.5 Å². The number of imide groups is 1. The number of carbonyl (C=O) groups excluding carboxylic acids is 3. The third kappa shape index (κ3) is 1.69. The van der Waals surface area contributed by atoms with Crippen LogP contribution in [0, 0.1) is 5.92 Å². The second-order valence-electron chi connectivity index (χ2n) is 3.70. The molecule has 0 spiro atoms. The highest BCUT2D eigenvalue weighted by Gasteiger charge is 2.40. The Balaban J connectivity index is 2.82. The molecule has 4 heteroatoms. The van der Waals surface area contributed by atoms with Crippen molar-refractivity contribution in [1.82, 2.24) is 4.90 Å². The van der Waals surface area contributed by atoms with Crippen molar-refractivity contribution in [3.63, 3.8) is 0 Å². The van der Waals surface area contributed by atoms with Gasteiger partial charge in [-0.1, -0.05) is 13.8 Å². The molecule has 2 unspecified atom stereocenters. The molecule has 2 amide bonds. The van der Waals surface area contributed by atoms with Crippen LogP contribution in [-0.2, 0) is 14.4 Å². The monoisotopic (exact) mass is 197 g/mol. The Labute approximate surface area is 83.3 Å². The van der Waals surface area contributed by atoms with Crippen molar-refractivity contribution in [1.29, 1.82) is 0 Å². The molecule has 0 aromatic heterocycles. The molecule has 1 heterocycles. The fraction of sp³-hybridized carbons (Fsp3) is 0.700. The number of rotatable bonds is 3. The number of amides is 2. The summed E-state index contributed by atoms with van der Waals surface area (Å²) in [7, 11) is 0. The van der Waals surface area contributed by atoms with Crippen LogP contribution < -0.4 is 0 Å². The Morgan fingerprint density at radius 1 is 1.57 bits per heavy atom. The van der Waals surface area contributed by atoms with Crippen LogP contribution in [0.15, 0.2) is 0 Å². The molecule has 2 atom stereocenters. The lowest BCUT2D eigenvalue weighted by Crippen LogP contribution is -2.42. The van der Waals surface area contributed by atoms with E-state index < -0.39 is 6.04 Å². The second-order valence-corrected chi connectivity index (χ2v) is 3.70. The summed E-state index contributed by atoms with van der Waals surface area (Å²) in [6, 6.07) is -0.593. The van der Waals surface area contributed by atoms with Gasteiger partial charge in [0.25, 0.3) is 0 Å². The maximum Gasteiger partial charge on any atom is 0.233 e. The average molecular weight is 197 g/mol. The number of Topliss-reactive ketones (excluding diaryl/α,β-unsaturated/α-hetero) is 1. The Morgan fingerprint density at radius 2 is 2.14 bits per heavy atom. The van der Waals surface area contributed by atoms with Gasteiger partial charge in [-0.2, -0.15) is 0 Å². The van der Waals surface area contributed by atoms with E-state index in [2.05, 4.69) is 0 Å². The van der Waals surface area contributed by atoms with E-state index in [9.17, 15) is 14.4 Å². The molecule has 0 radical (unpaired) electrons. The second kappa shape index (κ2) is 3.90. The number of ketones is 1. The molecular formula is C10H15NO3. The predicted molar refractivity (Wildman–Crippen MR) is 50.4 cm³/mol. The zero-order chi connectivity index (χ0) is 10.9. The fourth-order valence-corrected chi connectivity index (χ4v) is 1.65. The van der Waals surface area contributed by atoms with Gasteiger partial charge >= 0.3 is 0 Å². The summed E-state index contributed by atoms with van der Waals surface area (Å²) in [4.78, 5) is 35.4. The van der Waals surface area contributed by atoms with Gasteiger partial charge in [0.15, 0.2) is 5.78 Å². The summed E-state index contributed by atoms with van der Waals surface area (Å²) in [5.74, 6) is -0.781. The summed E-state index contributed by atoms with van der Waals surface area (Å²) in [5, 5.41) is 0. The third-order valence-corrected chi connectivity index (χ3v) is 2.61. The molecule has 1 rings (SSSR count). The van der Waals surface area contributed by atoms with Crippen LogP contribution in [0.1, 0.15) is 33.6 Å². The average Bonchev–Trinajstić information content (AvgIpc) is 2.39. The highest BCUT2D eigenvalue weighted by Crippen LogP contribution is 2.21. The first-order chi connectivity index (χ1) is 6.49. The van der Waals surface area contributed by atoms with Gasteiger partial charge in [0.05, 0.1) is 6.04 Å². The van der Waals surface area contributed by atoms with E-state index in [1.165, 1.54) is 0 Å². The molecule has 14 heavy (non-hydrogen) atoms. The largest absolute Gasteiger partial charge is 0.297 e. The first-order valence-corrected chi connectivity index (χ1v) is 4.87. The molecule has 78 valence electrons. The van der Waals surface area contributed by atoms with Gasteiger partial charge < -0.3 is 0 Å². The van der Waals surface area contributed by atoms with E-state index >= 15 is 0 Å². The van der Waals surface area contributed by atoms with Crippen LogP contribution >= 0.6 is 0 Å². The molecule has 0 aliphatic carbocycles. The van der Waals surface area contributed by atoms with Gasteiger partial charge in [0.2, 0.25) is 11.8 Å². The van der Waals surface area contributed by atoms with Gasteiger partial charge in [-0.3, -0.25) is 19.3 Å². The van der Waals surface area contributed by atoms with Gasteiger partial charge in [0, 0.05) is 18.8 Å². The Bertz CT molecular complexity index is 285. The number of likely N-dealkylation sites (tertiary alicyclic amines) is 1. The van der Waals surface area contributed by atoms with Gasteiger partial charge in [-0.25, -0.2) is 0 Å². The first kappa shape index (κ1) is 10.9. The maximum atomic E-state index is 11.5. The van der Waals surface area contributed by atoms with Crippen molar-refractivity contribution >= 4 is 17.6 Å². The molecular weight excluding hydrogens is 182 g/mol. The van der Waals surface area contributed by atoms with E-state index in [4.69, 9.17) is 0 Å². The summed E-state index contributed by atoms with van der Waals surface area (Å²) < 4.78 is 0. The van der Waals surface area contributed by atoms with E-state index in [1.54, 1.807) is 20.8 Å². The van der Waals surface area contributed by atoms with Crippen molar-refractivity contribution in [3.05, 3.63) is 0 Å². The van der Waals surface area contributed by atoms with Gasteiger partial charge in [0.1, 0.15) is 0 Å². The number of hydrogen-bond donors (Lipinski definition) is 0. The Hall–Kier alpha value is -1.19. The van der Waals surface area contributed by atoms with Crippen LogP contribution in [0.5, 0.6) is 0 Å².